The minimum Gasteiger partial charge on any atom is -0.129 e. The lowest BCUT2D eigenvalue weighted by Crippen LogP contribution is -1.52. The summed E-state index contributed by atoms with van der Waals surface area (Å²) in [5.74, 6) is 0. The first-order valence-corrected chi connectivity index (χ1v) is 3.03. The molecule has 0 radical (unpaired) electrons. The average Bonchev–Trinajstić information content (AvgIpc) is 1.89. The van der Waals surface area contributed by atoms with Gasteiger partial charge in [-0.3, -0.25) is 0 Å². The molecular formula is C9H12. The minimum atomic E-state index is 0.896. The summed E-state index contributed by atoms with van der Waals surface area (Å²) < 4.78 is 0. The summed E-state index contributed by atoms with van der Waals surface area (Å²) in [6.45, 7) is 7.15. The van der Waals surface area contributed by atoms with E-state index in [2.05, 4.69) is 18.9 Å². The largest absolute Gasteiger partial charge is 0.129 e. The smallest absolute Gasteiger partial charge is 0.00957 e. The second kappa shape index (κ2) is 7.00. The Labute approximate surface area is 56.9 Å². The highest BCUT2D eigenvalue weighted by atomic mass is 13.7. The fraction of sp³-hybridized carbons (Fsp3) is 0.222. The number of hydrogen-bond acceptors (Lipinski definition) is 0. The highest BCUT2D eigenvalue weighted by Gasteiger charge is 1.62. The lowest BCUT2D eigenvalue weighted by atomic mass is 10.3. The van der Waals surface area contributed by atoms with Crippen LogP contribution in [0.5, 0.6) is 0 Å². The summed E-state index contributed by atoms with van der Waals surface area (Å²) in [5, 5.41) is 0. The number of rotatable bonds is 4. The van der Waals surface area contributed by atoms with Crippen molar-refractivity contribution in [3.8, 4) is 0 Å². The molecule has 0 saturated carbocycles. The van der Waals surface area contributed by atoms with Crippen LogP contribution in [0.15, 0.2) is 43.2 Å². The summed E-state index contributed by atoms with van der Waals surface area (Å²) in [5.41, 5.74) is 2.99. The van der Waals surface area contributed by atoms with Crippen molar-refractivity contribution in [2.75, 3.05) is 0 Å². The van der Waals surface area contributed by atoms with E-state index in [1.54, 1.807) is 0 Å². The van der Waals surface area contributed by atoms with Crippen molar-refractivity contribution in [2.24, 2.45) is 0 Å². The van der Waals surface area contributed by atoms with Crippen LogP contribution in [0.3, 0.4) is 0 Å². The zero-order valence-electron chi connectivity index (χ0n) is 5.64. The molecule has 0 aliphatic carbocycles. The molecule has 0 N–H and O–H groups in total. The second-order valence-corrected chi connectivity index (χ2v) is 1.62. The minimum absolute atomic E-state index is 0.896. The fourth-order valence-electron chi connectivity index (χ4n) is 0.386. The van der Waals surface area contributed by atoms with Crippen LogP contribution in [0.25, 0.3) is 0 Å². The van der Waals surface area contributed by atoms with E-state index < -0.39 is 0 Å². The molecular weight excluding hydrogens is 108 g/mol. The second-order valence-electron chi connectivity index (χ2n) is 1.62. The van der Waals surface area contributed by atoms with Crippen LogP contribution in [0, 0.1) is 0 Å². The summed E-state index contributed by atoms with van der Waals surface area (Å²) in [4.78, 5) is 0. The fourth-order valence-corrected chi connectivity index (χ4v) is 0.386. The van der Waals surface area contributed by atoms with Gasteiger partial charge in [0.1, 0.15) is 0 Å². The molecule has 0 nitrogen and oxygen atoms in total. The zero-order valence-corrected chi connectivity index (χ0v) is 5.64. The Balaban J connectivity index is 3.40. The van der Waals surface area contributed by atoms with Crippen molar-refractivity contribution in [1.29, 1.82) is 0 Å². The van der Waals surface area contributed by atoms with Gasteiger partial charge in [0.05, 0.1) is 0 Å². The quantitative estimate of drug-likeness (QED) is 0.395. The summed E-state index contributed by atoms with van der Waals surface area (Å²) in [6, 6.07) is 0. The van der Waals surface area contributed by atoms with Crippen LogP contribution in [-0.2, 0) is 0 Å². The maximum Gasteiger partial charge on any atom is -0.00957 e. The van der Waals surface area contributed by atoms with Gasteiger partial charge in [-0.05, 0) is 25.0 Å². The van der Waals surface area contributed by atoms with Gasteiger partial charge in [-0.1, -0.05) is 12.2 Å². The molecule has 0 aliphatic rings. The van der Waals surface area contributed by atoms with Crippen molar-refractivity contribution >= 4 is 0 Å². The predicted octanol–water partition coefficient (Wildman–Crippen LogP) is 2.85. The Morgan fingerprint density at radius 2 is 1.44 bits per heavy atom. The third-order valence-electron chi connectivity index (χ3n) is 0.805. The van der Waals surface area contributed by atoms with Gasteiger partial charge in [-0.25, -0.2) is 0 Å². The van der Waals surface area contributed by atoms with Gasteiger partial charge in [0.25, 0.3) is 0 Å². The Hall–Kier alpha value is -1.00. The summed E-state index contributed by atoms with van der Waals surface area (Å²) in [6.07, 6.45) is 9.36. The van der Waals surface area contributed by atoms with Gasteiger partial charge < -0.3 is 0 Å². The first-order valence-electron chi connectivity index (χ1n) is 3.03. The molecule has 0 unspecified atom stereocenters. The van der Waals surface area contributed by atoms with Crippen LogP contribution in [0.1, 0.15) is 12.8 Å². The lowest BCUT2D eigenvalue weighted by Gasteiger charge is -1.72. The molecule has 0 spiro atoms. The highest BCUT2D eigenvalue weighted by Crippen LogP contribution is 1.82. The lowest BCUT2D eigenvalue weighted by molar-refractivity contribution is 1.38. The van der Waals surface area contributed by atoms with Crippen LogP contribution in [-0.4, -0.2) is 0 Å². The number of hydrogen-bond donors (Lipinski definition) is 0. The standard InChI is InChI=1S/C9H12/c1-3-5-7-9-8-6-4-2/h3-4,7-8H,1-2,5-6H2. The van der Waals surface area contributed by atoms with Crippen molar-refractivity contribution in [1.82, 2.24) is 0 Å². The monoisotopic (exact) mass is 120 g/mol. The van der Waals surface area contributed by atoms with E-state index in [9.17, 15) is 0 Å². The van der Waals surface area contributed by atoms with E-state index in [4.69, 9.17) is 0 Å². The maximum atomic E-state index is 3.57. The summed E-state index contributed by atoms with van der Waals surface area (Å²) >= 11 is 0. The predicted molar refractivity (Wildman–Crippen MR) is 42.3 cm³/mol. The van der Waals surface area contributed by atoms with Crippen molar-refractivity contribution < 1.29 is 0 Å². The molecule has 0 aromatic rings. The van der Waals surface area contributed by atoms with E-state index in [0.29, 0.717) is 0 Å². The van der Waals surface area contributed by atoms with E-state index in [0.717, 1.165) is 12.8 Å². The van der Waals surface area contributed by atoms with Gasteiger partial charge in [0.2, 0.25) is 0 Å². The van der Waals surface area contributed by atoms with Gasteiger partial charge in [0.15, 0.2) is 0 Å². The Kier molecular flexibility index (Phi) is 6.22. The normalized spacial score (nSPS) is 7.11. The van der Waals surface area contributed by atoms with Crippen LogP contribution >= 0.6 is 0 Å². The molecule has 0 aromatic heterocycles. The SMILES string of the molecule is C=CCC=C=CCC=C. The first-order chi connectivity index (χ1) is 4.41. The Bertz CT molecular complexity index is 120. The third kappa shape index (κ3) is 7.00. The van der Waals surface area contributed by atoms with Crippen LogP contribution in [0.4, 0.5) is 0 Å². The molecule has 0 aliphatic heterocycles. The van der Waals surface area contributed by atoms with Gasteiger partial charge in [-0.2, -0.15) is 0 Å². The molecule has 0 saturated heterocycles. The van der Waals surface area contributed by atoms with Crippen molar-refractivity contribution in [3.63, 3.8) is 0 Å². The average molecular weight is 120 g/mol. The first kappa shape index (κ1) is 8.00. The van der Waals surface area contributed by atoms with Crippen molar-refractivity contribution in [3.05, 3.63) is 43.2 Å². The molecule has 0 aromatic carbocycles. The van der Waals surface area contributed by atoms with Gasteiger partial charge in [-0.15, -0.1) is 18.9 Å². The molecule has 48 valence electrons. The van der Waals surface area contributed by atoms with Crippen LogP contribution < -0.4 is 0 Å². The van der Waals surface area contributed by atoms with Gasteiger partial charge in [0, 0.05) is 0 Å². The van der Waals surface area contributed by atoms with E-state index >= 15 is 0 Å². The molecule has 0 fully saturated rings. The molecule has 0 amide bonds. The molecule has 0 heterocycles. The van der Waals surface area contributed by atoms with Crippen LogP contribution in [0.2, 0.25) is 0 Å². The Morgan fingerprint density at radius 1 is 1.00 bits per heavy atom. The Morgan fingerprint density at radius 3 is 1.78 bits per heavy atom. The van der Waals surface area contributed by atoms with Crippen molar-refractivity contribution in [2.45, 2.75) is 12.8 Å². The molecule has 0 atom stereocenters. The molecule has 0 bridgehead atoms. The van der Waals surface area contributed by atoms with Gasteiger partial charge >= 0.3 is 0 Å². The highest BCUT2D eigenvalue weighted by molar-refractivity contribution is 4.92. The van der Waals surface area contributed by atoms with E-state index in [-0.39, 0.29) is 0 Å². The number of allylic oxidation sites excluding steroid dienone is 3. The third-order valence-corrected chi connectivity index (χ3v) is 0.805. The van der Waals surface area contributed by atoms with E-state index in [1.807, 2.05) is 24.3 Å². The molecule has 0 rings (SSSR count). The zero-order chi connectivity index (χ0) is 6.95. The maximum absolute atomic E-state index is 3.57. The molecule has 9 heavy (non-hydrogen) atoms. The van der Waals surface area contributed by atoms with E-state index in [1.165, 1.54) is 0 Å². The summed E-state index contributed by atoms with van der Waals surface area (Å²) in [7, 11) is 0. The molecule has 0 heteroatoms. The topological polar surface area (TPSA) is 0 Å².